The Morgan fingerprint density at radius 1 is 1.15 bits per heavy atom. The Bertz CT molecular complexity index is 780. The van der Waals surface area contributed by atoms with Crippen LogP contribution in [0.3, 0.4) is 0 Å². The van der Waals surface area contributed by atoms with E-state index in [1.807, 2.05) is 56.3 Å². The predicted molar refractivity (Wildman–Crippen MR) is 104 cm³/mol. The number of methoxy groups -OCH3 is 1. The molecule has 0 aliphatic heterocycles. The average Bonchev–Trinajstić information content (AvgIpc) is 2.64. The summed E-state index contributed by atoms with van der Waals surface area (Å²) in [5, 5.41) is 4.13. The van der Waals surface area contributed by atoms with Gasteiger partial charge in [-0.05, 0) is 66.8 Å². The molecule has 2 aromatic rings. The number of rotatable bonds is 7. The summed E-state index contributed by atoms with van der Waals surface area (Å²) in [6.45, 7) is 7.95. The van der Waals surface area contributed by atoms with E-state index in [4.69, 9.17) is 9.47 Å². The van der Waals surface area contributed by atoms with E-state index in [-0.39, 0.29) is 12.5 Å². The summed E-state index contributed by atoms with van der Waals surface area (Å²) >= 11 is 0. The molecule has 0 bridgehead atoms. The zero-order valence-corrected chi connectivity index (χ0v) is 16.0. The molecule has 0 atom stereocenters. The summed E-state index contributed by atoms with van der Waals surface area (Å²) in [6.07, 6.45) is 0. The van der Waals surface area contributed by atoms with Crippen molar-refractivity contribution >= 4 is 11.6 Å². The maximum Gasteiger partial charge on any atom is 0.277 e. The van der Waals surface area contributed by atoms with Gasteiger partial charge in [-0.1, -0.05) is 26.0 Å². The first-order chi connectivity index (χ1) is 12.4. The lowest BCUT2D eigenvalue weighted by atomic mass is 10.0. The molecule has 2 aromatic carbocycles. The number of hydrazone groups is 1. The number of carbonyl (C=O) groups is 1. The molecule has 1 amide bonds. The van der Waals surface area contributed by atoms with Crippen molar-refractivity contribution in [3.63, 3.8) is 0 Å². The average molecular weight is 354 g/mol. The lowest BCUT2D eigenvalue weighted by molar-refractivity contribution is -0.123. The lowest BCUT2D eigenvalue weighted by Crippen LogP contribution is -2.26. The van der Waals surface area contributed by atoms with Crippen molar-refractivity contribution in [1.29, 1.82) is 0 Å². The van der Waals surface area contributed by atoms with Crippen molar-refractivity contribution in [1.82, 2.24) is 5.43 Å². The zero-order valence-electron chi connectivity index (χ0n) is 16.0. The normalized spacial score (nSPS) is 11.4. The van der Waals surface area contributed by atoms with Crippen LogP contribution in [0.25, 0.3) is 0 Å². The minimum atomic E-state index is -0.297. The number of nitrogens with zero attached hydrogens (tertiary/aromatic N) is 1. The van der Waals surface area contributed by atoms with Crippen LogP contribution < -0.4 is 14.9 Å². The zero-order chi connectivity index (χ0) is 19.1. The van der Waals surface area contributed by atoms with Crippen molar-refractivity contribution in [2.75, 3.05) is 13.7 Å². The van der Waals surface area contributed by atoms with E-state index >= 15 is 0 Å². The fraction of sp³-hybridized carbons (Fsp3) is 0.333. The largest absolute Gasteiger partial charge is 0.497 e. The molecule has 0 saturated carbocycles. The monoisotopic (exact) mass is 354 g/mol. The van der Waals surface area contributed by atoms with Crippen LogP contribution in [-0.2, 0) is 4.79 Å². The van der Waals surface area contributed by atoms with Crippen LogP contribution in [0.2, 0.25) is 0 Å². The third kappa shape index (κ3) is 5.34. The Morgan fingerprint density at radius 2 is 1.85 bits per heavy atom. The molecule has 0 aromatic heterocycles. The molecule has 0 saturated heterocycles. The fourth-order valence-electron chi connectivity index (χ4n) is 2.46. The maximum absolute atomic E-state index is 12.1. The van der Waals surface area contributed by atoms with E-state index in [9.17, 15) is 4.79 Å². The van der Waals surface area contributed by atoms with Crippen molar-refractivity contribution in [2.45, 2.75) is 33.6 Å². The molecule has 2 rings (SSSR count). The minimum absolute atomic E-state index is 0.0808. The van der Waals surface area contributed by atoms with Gasteiger partial charge in [0, 0.05) is 0 Å². The first kappa shape index (κ1) is 19.5. The summed E-state index contributed by atoms with van der Waals surface area (Å²) in [5.74, 6) is 1.54. The Morgan fingerprint density at radius 3 is 2.46 bits per heavy atom. The minimum Gasteiger partial charge on any atom is -0.497 e. The molecule has 1 N–H and O–H groups in total. The van der Waals surface area contributed by atoms with Crippen molar-refractivity contribution < 1.29 is 14.3 Å². The van der Waals surface area contributed by atoms with E-state index in [1.165, 1.54) is 0 Å². The summed E-state index contributed by atoms with van der Waals surface area (Å²) < 4.78 is 10.8. The van der Waals surface area contributed by atoms with E-state index < -0.39 is 0 Å². The van der Waals surface area contributed by atoms with E-state index in [2.05, 4.69) is 24.4 Å². The van der Waals surface area contributed by atoms with Crippen LogP contribution in [0.1, 0.15) is 43.4 Å². The SMILES string of the molecule is COc1ccc(/C(C)=N/NC(=O)COc2cc(C)ccc2C(C)C)cc1. The molecule has 0 aliphatic carbocycles. The first-order valence-corrected chi connectivity index (χ1v) is 8.61. The van der Waals surface area contributed by atoms with Crippen LogP contribution in [0.5, 0.6) is 11.5 Å². The van der Waals surface area contributed by atoms with Gasteiger partial charge in [0.15, 0.2) is 6.61 Å². The van der Waals surface area contributed by atoms with Crippen LogP contribution in [-0.4, -0.2) is 25.3 Å². The topological polar surface area (TPSA) is 59.9 Å². The number of amides is 1. The molecule has 0 spiro atoms. The molecule has 0 fully saturated rings. The van der Waals surface area contributed by atoms with Gasteiger partial charge < -0.3 is 9.47 Å². The van der Waals surface area contributed by atoms with Gasteiger partial charge in [0.25, 0.3) is 5.91 Å². The molecule has 5 heteroatoms. The molecular weight excluding hydrogens is 328 g/mol. The van der Waals surface area contributed by atoms with Crippen LogP contribution in [0.15, 0.2) is 47.6 Å². The van der Waals surface area contributed by atoms with Gasteiger partial charge in [0.1, 0.15) is 11.5 Å². The van der Waals surface area contributed by atoms with Gasteiger partial charge in [0.05, 0.1) is 12.8 Å². The van der Waals surface area contributed by atoms with Gasteiger partial charge in [-0.3, -0.25) is 4.79 Å². The van der Waals surface area contributed by atoms with E-state index in [1.54, 1.807) is 7.11 Å². The number of carbonyl (C=O) groups excluding carboxylic acids is 1. The van der Waals surface area contributed by atoms with Crippen LogP contribution in [0, 0.1) is 6.92 Å². The maximum atomic E-state index is 12.1. The van der Waals surface area contributed by atoms with E-state index in [0.29, 0.717) is 11.6 Å². The molecule has 0 unspecified atom stereocenters. The number of aryl methyl sites for hydroxylation is 1. The lowest BCUT2D eigenvalue weighted by Gasteiger charge is -2.14. The third-order valence-electron chi connectivity index (χ3n) is 4.01. The Labute approximate surface area is 155 Å². The summed E-state index contributed by atoms with van der Waals surface area (Å²) in [4.78, 5) is 12.1. The van der Waals surface area contributed by atoms with Crippen LogP contribution in [0.4, 0.5) is 0 Å². The number of hydrogen-bond acceptors (Lipinski definition) is 4. The summed E-state index contributed by atoms with van der Waals surface area (Å²) in [5.41, 5.74) is 6.33. The van der Waals surface area contributed by atoms with Gasteiger partial charge in [-0.15, -0.1) is 0 Å². The number of ether oxygens (including phenoxy) is 2. The Kier molecular flexibility index (Phi) is 6.78. The second-order valence-electron chi connectivity index (χ2n) is 6.45. The second-order valence-corrected chi connectivity index (χ2v) is 6.45. The van der Waals surface area contributed by atoms with Gasteiger partial charge in [-0.2, -0.15) is 5.10 Å². The van der Waals surface area contributed by atoms with Crippen molar-refractivity contribution in [2.24, 2.45) is 5.10 Å². The summed E-state index contributed by atoms with van der Waals surface area (Å²) in [6, 6.07) is 13.5. The molecule has 138 valence electrons. The highest BCUT2D eigenvalue weighted by Crippen LogP contribution is 2.27. The van der Waals surface area contributed by atoms with Gasteiger partial charge >= 0.3 is 0 Å². The highest BCUT2D eigenvalue weighted by molar-refractivity contribution is 5.99. The third-order valence-corrected chi connectivity index (χ3v) is 4.01. The highest BCUT2D eigenvalue weighted by atomic mass is 16.5. The van der Waals surface area contributed by atoms with Gasteiger partial charge in [-0.25, -0.2) is 5.43 Å². The number of hydrogen-bond donors (Lipinski definition) is 1. The molecule has 5 nitrogen and oxygen atoms in total. The quantitative estimate of drug-likeness (QED) is 0.603. The molecule has 0 aliphatic rings. The fourth-order valence-corrected chi connectivity index (χ4v) is 2.46. The number of benzene rings is 2. The first-order valence-electron chi connectivity index (χ1n) is 8.61. The van der Waals surface area contributed by atoms with E-state index in [0.717, 1.165) is 28.2 Å². The molecule has 26 heavy (non-hydrogen) atoms. The molecular formula is C21H26N2O3. The predicted octanol–water partition coefficient (Wildman–Crippen LogP) is 4.05. The molecule has 0 radical (unpaired) electrons. The highest BCUT2D eigenvalue weighted by Gasteiger charge is 2.10. The number of nitrogens with one attached hydrogen (secondary N) is 1. The van der Waals surface area contributed by atoms with Crippen LogP contribution >= 0.6 is 0 Å². The van der Waals surface area contributed by atoms with Crippen molar-refractivity contribution in [3.8, 4) is 11.5 Å². The Balaban J connectivity index is 1.95. The summed E-state index contributed by atoms with van der Waals surface area (Å²) in [7, 11) is 1.62. The second kappa shape index (κ2) is 9.04. The smallest absolute Gasteiger partial charge is 0.277 e. The Hall–Kier alpha value is -2.82. The molecule has 0 heterocycles. The van der Waals surface area contributed by atoms with Gasteiger partial charge in [0.2, 0.25) is 0 Å². The standard InChI is InChI=1S/C21H26N2O3/c1-14(2)19-11-6-15(3)12-20(19)26-13-21(24)23-22-16(4)17-7-9-18(25-5)10-8-17/h6-12,14H,13H2,1-5H3,(H,23,24)/b22-16+. The van der Waals surface area contributed by atoms with Crippen molar-refractivity contribution in [3.05, 3.63) is 59.2 Å².